The summed E-state index contributed by atoms with van der Waals surface area (Å²) in [6, 6.07) is -0.750. The van der Waals surface area contributed by atoms with E-state index >= 15 is 0 Å². The van der Waals surface area contributed by atoms with Gasteiger partial charge in [0.2, 0.25) is 0 Å². The van der Waals surface area contributed by atoms with Crippen LogP contribution in [0.3, 0.4) is 0 Å². The molecule has 2 aliphatic rings. The molecule has 0 atom stereocenters. The molecule has 4 amide bonds. The summed E-state index contributed by atoms with van der Waals surface area (Å²) < 4.78 is 0. The van der Waals surface area contributed by atoms with Gasteiger partial charge >= 0.3 is 12.1 Å². The first kappa shape index (κ1) is 40.0. The van der Waals surface area contributed by atoms with Gasteiger partial charge in [0, 0.05) is 26.2 Å². The van der Waals surface area contributed by atoms with Crippen LogP contribution < -0.4 is 0 Å². The molecule has 0 spiro atoms. The Morgan fingerprint density at radius 2 is 0.721 bits per heavy atom. The van der Waals surface area contributed by atoms with E-state index in [-0.39, 0.29) is 12.1 Å². The summed E-state index contributed by atoms with van der Waals surface area (Å²) in [5, 5.41) is 7.09. The molecule has 0 aromatic rings. The van der Waals surface area contributed by atoms with Gasteiger partial charge in [-0.25, -0.2) is 9.59 Å². The van der Waals surface area contributed by atoms with E-state index in [0.29, 0.717) is 7.92 Å². The molecule has 0 saturated carbocycles. The van der Waals surface area contributed by atoms with E-state index in [1.807, 2.05) is 0 Å². The Kier molecular flexibility index (Phi) is 27.6. The van der Waals surface area contributed by atoms with Crippen LogP contribution >= 0.6 is 7.92 Å². The van der Waals surface area contributed by atoms with Gasteiger partial charge < -0.3 is 9.80 Å². The van der Waals surface area contributed by atoms with Gasteiger partial charge in [0.15, 0.2) is 0 Å². The van der Waals surface area contributed by atoms with Crippen molar-refractivity contribution in [3.8, 4) is 0 Å². The standard InChI is InChI=1S/C24H51P.C12H20N4O2/c1-4-7-10-13-16-19-22-25(23-20-17-14-11-8-5-2)24-21-18-15-12-9-6-3;17-11(15-7-3-1-4-8-15)13-14-12(18)16-9-5-2-6-10-16/h4-24H2,1-3H3;1-10H2. The summed E-state index contributed by atoms with van der Waals surface area (Å²) in [5.74, 6) is 0. The van der Waals surface area contributed by atoms with Crippen LogP contribution in [0.5, 0.6) is 0 Å². The van der Waals surface area contributed by atoms with Crippen LogP contribution in [0.1, 0.15) is 175 Å². The van der Waals surface area contributed by atoms with Gasteiger partial charge in [0.25, 0.3) is 0 Å². The Balaban J connectivity index is 0.000000450. The Morgan fingerprint density at radius 1 is 0.442 bits per heavy atom. The number of azo groups is 1. The van der Waals surface area contributed by atoms with E-state index in [9.17, 15) is 9.59 Å². The average molecular weight is 623 g/mol. The molecule has 0 aromatic heterocycles. The van der Waals surface area contributed by atoms with Crippen molar-refractivity contribution in [1.82, 2.24) is 9.80 Å². The first-order valence-corrected chi connectivity index (χ1v) is 20.7. The number of carbonyl (C=O) groups excluding carboxylic acids is 2. The molecule has 0 aliphatic carbocycles. The minimum Gasteiger partial charge on any atom is -0.322 e. The van der Waals surface area contributed by atoms with Crippen molar-refractivity contribution < 1.29 is 9.59 Å². The summed E-state index contributed by atoms with van der Waals surface area (Å²) in [6.07, 6.45) is 37.6. The maximum absolute atomic E-state index is 11.7. The van der Waals surface area contributed by atoms with Gasteiger partial charge in [-0.15, -0.1) is 7.92 Å². The monoisotopic (exact) mass is 623 g/mol. The second-order valence-electron chi connectivity index (χ2n) is 13.0. The summed E-state index contributed by atoms with van der Waals surface area (Å²) in [6.45, 7) is 9.89. The lowest BCUT2D eigenvalue weighted by Gasteiger charge is -2.25. The third-order valence-electron chi connectivity index (χ3n) is 8.96. The van der Waals surface area contributed by atoms with Crippen LogP contribution in [0.15, 0.2) is 10.2 Å². The van der Waals surface area contributed by atoms with Gasteiger partial charge in [0.05, 0.1) is 0 Å². The zero-order chi connectivity index (χ0) is 31.2. The van der Waals surface area contributed by atoms with Crippen molar-refractivity contribution in [2.75, 3.05) is 44.7 Å². The maximum atomic E-state index is 11.7. The van der Waals surface area contributed by atoms with E-state index in [1.54, 1.807) is 28.3 Å². The van der Waals surface area contributed by atoms with E-state index in [0.717, 1.165) is 64.7 Å². The lowest BCUT2D eigenvalue weighted by Crippen LogP contribution is -2.35. The van der Waals surface area contributed by atoms with Crippen molar-refractivity contribution in [3.05, 3.63) is 0 Å². The number of carbonyl (C=O) groups is 2. The second-order valence-corrected chi connectivity index (χ2v) is 15.7. The Labute approximate surface area is 268 Å². The van der Waals surface area contributed by atoms with Gasteiger partial charge in [0.1, 0.15) is 0 Å². The van der Waals surface area contributed by atoms with Crippen LogP contribution in [-0.4, -0.2) is 66.5 Å². The summed E-state index contributed by atoms with van der Waals surface area (Å²) >= 11 is 0. The van der Waals surface area contributed by atoms with Crippen molar-refractivity contribution in [1.29, 1.82) is 0 Å². The number of likely N-dealkylation sites (tertiary alicyclic amines) is 2. The Morgan fingerprint density at radius 3 is 1.02 bits per heavy atom. The largest absolute Gasteiger partial charge is 0.362 e. The molecular weight excluding hydrogens is 551 g/mol. The molecular formula is C36H71N4O2P. The minimum absolute atomic E-state index is 0.366. The zero-order valence-corrected chi connectivity index (χ0v) is 29.9. The lowest BCUT2D eigenvalue weighted by molar-refractivity contribution is 0.187. The lowest BCUT2D eigenvalue weighted by atomic mass is 10.1. The number of unbranched alkanes of at least 4 members (excludes halogenated alkanes) is 15. The molecule has 252 valence electrons. The highest BCUT2D eigenvalue weighted by molar-refractivity contribution is 7.57. The second kappa shape index (κ2) is 29.7. The molecule has 0 N–H and O–H groups in total. The Hall–Kier alpha value is -1.03. The molecule has 6 nitrogen and oxygen atoms in total. The van der Waals surface area contributed by atoms with Gasteiger partial charge in [-0.05, 0) is 76.3 Å². The van der Waals surface area contributed by atoms with E-state index in [4.69, 9.17) is 0 Å². The van der Waals surface area contributed by atoms with Crippen molar-refractivity contribution in [2.45, 2.75) is 175 Å². The van der Waals surface area contributed by atoms with Crippen LogP contribution in [0.25, 0.3) is 0 Å². The van der Waals surface area contributed by atoms with Crippen LogP contribution in [-0.2, 0) is 0 Å². The highest BCUT2D eigenvalue weighted by Gasteiger charge is 2.19. The normalized spacial score (nSPS) is 15.6. The molecule has 0 unspecified atom stereocenters. The van der Waals surface area contributed by atoms with Gasteiger partial charge in [-0.3, -0.25) is 0 Å². The van der Waals surface area contributed by atoms with Crippen LogP contribution in [0.4, 0.5) is 9.59 Å². The SMILES string of the molecule is CCCCCCCCP(CCCCCCCC)CCCCCCCC.O=C(N=NC(=O)N1CCCCC1)N1CCCCC1. The highest BCUT2D eigenvalue weighted by Crippen LogP contribution is 2.39. The third kappa shape index (κ3) is 23.0. The predicted molar refractivity (Wildman–Crippen MR) is 188 cm³/mol. The molecule has 0 bridgehead atoms. The first-order valence-electron chi connectivity index (χ1n) is 18.8. The molecule has 43 heavy (non-hydrogen) atoms. The molecule has 0 radical (unpaired) electrons. The van der Waals surface area contributed by atoms with Crippen molar-refractivity contribution >= 4 is 20.0 Å². The van der Waals surface area contributed by atoms with Gasteiger partial charge in [-0.2, -0.15) is 0 Å². The fourth-order valence-electron chi connectivity index (χ4n) is 6.07. The predicted octanol–water partition coefficient (Wildman–Crippen LogP) is 12.2. The van der Waals surface area contributed by atoms with Crippen LogP contribution in [0.2, 0.25) is 0 Å². The van der Waals surface area contributed by atoms with E-state index < -0.39 is 0 Å². The third-order valence-corrected chi connectivity index (χ3v) is 11.8. The summed E-state index contributed by atoms with van der Waals surface area (Å²) in [5.41, 5.74) is 0. The van der Waals surface area contributed by atoms with Crippen molar-refractivity contribution in [3.63, 3.8) is 0 Å². The number of hydrogen-bond donors (Lipinski definition) is 0. The fourth-order valence-corrected chi connectivity index (χ4v) is 8.75. The highest BCUT2D eigenvalue weighted by atomic mass is 31.1. The maximum Gasteiger partial charge on any atom is 0.362 e. The number of rotatable bonds is 21. The number of amides is 4. The quantitative estimate of drug-likeness (QED) is 0.0726. The molecule has 7 heteroatoms. The number of nitrogens with zero attached hydrogens (tertiary/aromatic N) is 4. The smallest absolute Gasteiger partial charge is 0.322 e. The van der Waals surface area contributed by atoms with Crippen LogP contribution in [0, 0.1) is 0 Å². The number of urea groups is 2. The average Bonchev–Trinajstić information content (AvgIpc) is 3.05. The zero-order valence-electron chi connectivity index (χ0n) is 29.0. The first-order chi connectivity index (χ1) is 21.1. The minimum atomic E-state index is -0.375. The summed E-state index contributed by atoms with van der Waals surface area (Å²) in [4.78, 5) is 26.7. The molecule has 0 aromatic carbocycles. The molecule has 2 fully saturated rings. The molecule has 2 saturated heterocycles. The number of piperidine rings is 2. The van der Waals surface area contributed by atoms with Crippen molar-refractivity contribution in [2.24, 2.45) is 10.2 Å². The summed E-state index contributed by atoms with van der Waals surface area (Å²) in [7, 11) is 0.366. The Bertz CT molecular complexity index is 608. The molecule has 2 heterocycles. The topological polar surface area (TPSA) is 65.3 Å². The molecule has 2 rings (SSSR count). The molecule has 2 aliphatic heterocycles. The van der Waals surface area contributed by atoms with Gasteiger partial charge in [-0.1, -0.05) is 127 Å². The fraction of sp³-hybridized carbons (Fsp3) is 0.944. The number of hydrogen-bond acceptors (Lipinski definition) is 2. The van der Waals surface area contributed by atoms with E-state index in [2.05, 4.69) is 31.0 Å². The van der Waals surface area contributed by atoms with E-state index in [1.165, 1.54) is 116 Å².